The second kappa shape index (κ2) is 5.64. The number of carbonyl (C=O) groups is 1. The van der Waals surface area contributed by atoms with Gasteiger partial charge in [-0.05, 0) is 42.5 Å². The molecule has 2 rings (SSSR count). The number of anilines is 1. The second-order valence-electron chi connectivity index (χ2n) is 5.78. The molecule has 0 aliphatic carbocycles. The van der Waals surface area contributed by atoms with Gasteiger partial charge in [0.1, 0.15) is 0 Å². The van der Waals surface area contributed by atoms with Gasteiger partial charge >= 0.3 is 0 Å². The van der Waals surface area contributed by atoms with Gasteiger partial charge in [-0.15, -0.1) is 0 Å². The van der Waals surface area contributed by atoms with Gasteiger partial charge in [-0.3, -0.25) is 4.79 Å². The summed E-state index contributed by atoms with van der Waals surface area (Å²) in [6.07, 6.45) is 3.43. The van der Waals surface area contributed by atoms with E-state index >= 15 is 0 Å². The van der Waals surface area contributed by atoms with Crippen LogP contribution in [0.25, 0.3) is 0 Å². The lowest BCUT2D eigenvalue weighted by Gasteiger charge is -2.39. The molecule has 104 valence electrons. The summed E-state index contributed by atoms with van der Waals surface area (Å²) in [5.74, 6) is 0.167. The Morgan fingerprint density at radius 1 is 1.26 bits per heavy atom. The first-order chi connectivity index (χ1) is 9.08. The van der Waals surface area contributed by atoms with Gasteiger partial charge in [0.15, 0.2) is 0 Å². The fraction of sp³-hybridized carbons (Fsp3) is 0.562. The standard InChI is InChI=1S/C16H24N2O/c1-4-16(2)9-11-18(12-10-16)15(19)13-5-7-14(17-3)8-6-13/h5-8,17H,4,9-12H2,1-3H3. The Kier molecular flexibility index (Phi) is 4.13. The molecule has 0 radical (unpaired) electrons. The number of nitrogens with zero attached hydrogens (tertiary/aromatic N) is 1. The minimum atomic E-state index is 0.167. The molecule has 1 N–H and O–H groups in total. The number of carbonyl (C=O) groups excluding carboxylic acids is 1. The Morgan fingerprint density at radius 2 is 1.84 bits per heavy atom. The van der Waals surface area contributed by atoms with Crippen molar-refractivity contribution in [2.45, 2.75) is 33.1 Å². The van der Waals surface area contributed by atoms with Crippen LogP contribution in [0.2, 0.25) is 0 Å². The average Bonchev–Trinajstić information content (AvgIpc) is 2.47. The molecule has 0 aromatic heterocycles. The molecule has 1 saturated heterocycles. The van der Waals surface area contributed by atoms with Crippen molar-refractivity contribution in [2.75, 3.05) is 25.5 Å². The van der Waals surface area contributed by atoms with Crippen LogP contribution in [0.15, 0.2) is 24.3 Å². The third kappa shape index (κ3) is 3.09. The van der Waals surface area contributed by atoms with Gasteiger partial charge in [-0.1, -0.05) is 20.3 Å². The van der Waals surface area contributed by atoms with E-state index in [1.807, 2.05) is 36.2 Å². The summed E-state index contributed by atoms with van der Waals surface area (Å²) in [5.41, 5.74) is 2.25. The van der Waals surface area contributed by atoms with E-state index < -0.39 is 0 Å². The first kappa shape index (κ1) is 13.9. The third-order valence-electron chi connectivity index (χ3n) is 4.53. The van der Waals surface area contributed by atoms with E-state index in [0.29, 0.717) is 5.41 Å². The second-order valence-corrected chi connectivity index (χ2v) is 5.78. The molecule has 1 aliphatic rings. The Bertz CT molecular complexity index is 431. The lowest BCUT2D eigenvalue weighted by molar-refractivity contribution is 0.0600. The highest BCUT2D eigenvalue weighted by Crippen LogP contribution is 2.34. The molecule has 0 bridgehead atoms. The maximum absolute atomic E-state index is 12.4. The highest BCUT2D eigenvalue weighted by atomic mass is 16.2. The van der Waals surface area contributed by atoms with Crippen molar-refractivity contribution < 1.29 is 4.79 Å². The molecule has 1 amide bonds. The zero-order valence-corrected chi connectivity index (χ0v) is 12.2. The van der Waals surface area contributed by atoms with Crippen molar-refractivity contribution in [1.29, 1.82) is 0 Å². The molecule has 0 unspecified atom stereocenters. The number of hydrogen-bond donors (Lipinski definition) is 1. The number of piperidine rings is 1. The minimum absolute atomic E-state index is 0.167. The van der Waals surface area contributed by atoms with Crippen LogP contribution in [-0.4, -0.2) is 30.9 Å². The summed E-state index contributed by atoms with van der Waals surface area (Å²) in [4.78, 5) is 14.4. The fourth-order valence-electron chi connectivity index (χ4n) is 2.57. The van der Waals surface area contributed by atoms with Gasteiger partial charge in [0, 0.05) is 31.4 Å². The maximum Gasteiger partial charge on any atom is 0.253 e. The molecule has 1 aliphatic heterocycles. The van der Waals surface area contributed by atoms with Crippen LogP contribution in [0.4, 0.5) is 5.69 Å². The van der Waals surface area contributed by atoms with E-state index in [1.165, 1.54) is 6.42 Å². The van der Waals surface area contributed by atoms with Crippen LogP contribution in [0, 0.1) is 5.41 Å². The predicted octanol–water partition coefficient (Wildman–Crippen LogP) is 3.38. The van der Waals surface area contributed by atoms with Crippen LogP contribution >= 0.6 is 0 Å². The van der Waals surface area contributed by atoms with Gasteiger partial charge in [0.25, 0.3) is 5.91 Å². The summed E-state index contributed by atoms with van der Waals surface area (Å²) >= 11 is 0. The first-order valence-electron chi connectivity index (χ1n) is 7.15. The molecule has 1 aromatic rings. The van der Waals surface area contributed by atoms with Crippen LogP contribution in [0.1, 0.15) is 43.5 Å². The normalized spacial score (nSPS) is 18.2. The highest BCUT2D eigenvalue weighted by molar-refractivity contribution is 5.94. The van der Waals surface area contributed by atoms with Crippen molar-refractivity contribution >= 4 is 11.6 Å². The number of hydrogen-bond acceptors (Lipinski definition) is 2. The zero-order chi connectivity index (χ0) is 13.9. The SMILES string of the molecule is CCC1(C)CCN(C(=O)c2ccc(NC)cc2)CC1. The van der Waals surface area contributed by atoms with Gasteiger partial charge in [-0.25, -0.2) is 0 Å². The Hall–Kier alpha value is -1.51. The minimum Gasteiger partial charge on any atom is -0.388 e. The van der Waals surface area contributed by atoms with Crippen LogP contribution in [0.3, 0.4) is 0 Å². The summed E-state index contributed by atoms with van der Waals surface area (Å²) in [6.45, 7) is 6.35. The van der Waals surface area contributed by atoms with E-state index in [2.05, 4.69) is 19.2 Å². The van der Waals surface area contributed by atoms with Crippen molar-refractivity contribution in [2.24, 2.45) is 5.41 Å². The van der Waals surface area contributed by atoms with Crippen LogP contribution in [0.5, 0.6) is 0 Å². The van der Waals surface area contributed by atoms with Gasteiger partial charge in [-0.2, -0.15) is 0 Å². The number of rotatable bonds is 3. The van der Waals surface area contributed by atoms with Gasteiger partial charge in [0.2, 0.25) is 0 Å². The monoisotopic (exact) mass is 260 g/mol. The van der Waals surface area contributed by atoms with Crippen molar-refractivity contribution in [1.82, 2.24) is 4.90 Å². The molecule has 0 spiro atoms. The molecular formula is C16H24N2O. The molecule has 0 saturated carbocycles. The fourth-order valence-corrected chi connectivity index (χ4v) is 2.57. The third-order valence-corrected chi connectivity index (χ3v) is 4.53. The topological polar surface area (TPSA) is 32.3 Å². The molecule has 1 fully saturated rings. The Labute approximate surface area is 116 Å². The first-order valence-corrected chi connectivity index (χ1v) is 7.15. The number of nitrogens with one attached hydrogen (secondary N) is 1. The molecule has 1 heterocycles. The predicted molar refractivity (Wildman–Crippen MR) is 79.5 cm³/mol. The van der Waals surface area contributed by atoms with E-state index in [9.17, 15) is 4.79 Å². The quantitative estimate of drug-likeness (QED) is 0.903. The maximum atomic E-state index is 12.4. The average molecular weight is 260 g/mol. The molecule has 19 heavy (non-hydrogen) atoms. The number of benzene rings is 1. The molecule has 3 heteroatoms. The molecule has 3 nitrogen and oxygen atoms in total. The Morgan fingerprint density at radius 3 is 2.32 bits per heavy atom. The van der Waals surface area contributed by atoms with Crippen molar-refractivity contribution in [3.8, 4) is 0 Å². The van der Waals surface area contributed by atoms with E-state index in [0.717, 1.165) is 37.2 Å². The lowest BCUT2D eigenvalue weighted by Crippen LogP contribution is -2.41. The smallest absolute Gasteiger partial charge is 0.253 e. The zero-order valence-electron chi connectivity index (χ0n) is 12.2. The van der Waals surface area contributed by atoms with Crippen LogP contribution in [-0.2, 0) is 0 Å². The van der Waals surface area contributed by atoms with E-state index in [4.69, 9.17) is 0 Å². The summed E-state index contributed by atoms with van der Waals surface area (Å²) < 4.78 is 0. The molecular weight excluding hydrogens is 236 g/mol. The number of amides is 1. The lowest BCUT2D eigenvalue weighted by atomic mass is 9.78. The molecule has 1 aromatic carbocycles. The van der Waals surface area contributed by atoms with Crippen LogP contribution < -0.4 is 5.32 Å². The largest absolute Gasteiger partial charge is 0.388 e. The summed E-state index contributed by atoms with van der Waals surface area (Å²) in [6, 6.07) is 7.71. The van der Waals surface area contributed by atoms with E-state index in [-0.39, 0.29) is 5.91 Å². The van der Waals surface area contributed by atoms with Crippen molar-refractivity contribution in [3.05, 3.63) is 29.8 Å². The highest BCUT2D eigenvalue weighted by Gasteiger charge is 2.30. The van der Waals surface area contributed by atoms with Crippen molar-refractivity contribution in [3.63, 3.8) is 0 Å². The van der Waals surface area contributed by atoms with E-state index in [1.54, 1.807) is 0 Å². The Balaban J connectivity index is 2.00. The molecule has 0 atom stereocenters. The van der Waals surface area contributed by atoms with Gasteiger partial charge in [0.05, 0.1) is 0 Å². The number of likely N-dealkylation sites (tertiary alicyclic amines) is 1. The van der Waals surface area contributed by atoms with Gasteiger partial charge < -0.3 is 10.2 Å². The summed E-state index contributed by atoms with van der Waals surface area (Å²) in [5, 5.41) is 3.07. The summed E-state index contributed by atoms with van der Waals surface area (Å²) in [7, 11) is 1.88.